The molecule has 1 heterocycles. The number of carbonyl (C=O) groups is 1. The van der Waals surface area contributed by atoms with Gasteiger partial charge in [0.1, 0.15) is 0 Å². The number of nitrogens with zero attached hydrogens (tertiary/aromatic N) is 1. The molecular weight excluding hydrogens is 336 g/mol. The zero-order valence-electron chi connectivity index (χ0n) is 14.4. The van der Waals surface area contributed by atoms with Crippen molar-refractivity contribution in [3.05, 3.63) is 59.7 Å². The molecule has 1 N–H and O–H groups in total. The van der Waals surface area contributed by atoms with Crippen molar-refractivity contribution in [1.29, 1.82) is 0 Å². The normalized spacial score (nSPS) is 18.7. The molecule has 6 heteroatoms. The van der Waals surface area contributed by atoms with Crippen molar-refractivity contribution in [2.45, 2.75) is 19.4 Å². The Hall–Kier alpha value is -2.34. The lowest BCUT2D eigenvalue weighted by molar-refractivity contribution is 0.102. The molecule has 2 aromatic rings. The first-order chi connectivity index (χ1) is 11.8. The third-order valence-electron chi connectivity index (χ3n) is 4.57. The second-order valence-electron chi connectivity index (χ2n) is 6.54. The van der Waals surface area contributed by atoms with E-state index in [1.807, 2.05) is 61.3 Å². The van der Waals surface area contributed by atoms with Crippen LogP contribution in [0.25, 0.3) is 0 Å². The summed E-state index contributed by atoms with van der Waals surface area (Å²) in [5, 5.41) is 2.88. The first-order valence-electron chi connectivity index (χ1n) is 8.25. The SMILES string of the molecule is Cc1cccc(C(=O)Nc2ccc(N(C)C3CCS(=O)(=O)C3)cc2)c1. The number of anilines is 2. The van der Waals surface area contributed by atoms with Gasteiger partial charge in [0, 0.05) is 30.0 Å². The van der Waals surface area contributed by atoms with Crippen molar-refractivity contribution in [2.24, 2.45) is 0 Å². The number of carbonyl (C=O) groups excluding carboxylic acids is 1. The van der Waals surface area contributed by atoms with E-state index >= 15 is 0 Å². The molecule has 0 spiro atoms. The number of nitrogens with one attached hydrogen (secondary N) is 1. The molecule has 1 amide bonds. The Morgan fingerprint density at radius 1 is 1.16 bits per heavy atom. The second-order valence-corrected chi connectivity index (χ2v) is 8.77. The average Bonchev–Trinajstić information content (AvgIpc) is 2.95. The van der Waals surface area contributed by atoms with Crippen LogP contribution in [0.5, 0.6) is 0 Å². The summed E-state index contributed by atoms with van der Waals surface area (Å²) < 4.78 is 23.3. The van der Waals surface area contributed by atoms with Gasteiger partial charge in [0.25, 0.3) is 5.91 Å². The van der Waals surface area contributed by atoms with E-state index in [9.17, 15) is 13.2 Å². The molecule has 5 nitrogen and oxygen atoms in total. The van der Waals surface area contributed by atoms with Crippen molar-refractivity contribution in [3.63, 3.8) is 0 Å². The van der Waals surface area contributed by atoms with E-state index < -0.39 is 9.84 Å². The van der Waals surface area contributed by atoms with Crippen molar-refractivity contribution in [2.75, 3.05) is 28.8 Å². The molecular formula is C19H22N2O3S. The number of sulfone groups is 1. The van der Waals surface area contributed by atoms with Gasteiger partial charge < -0.3 is 10.2 Å². The standard InChI is InChI=1S/C19H22N2O3S/c1-14-4-3-5-15(12-14)19(22)20-16-6-8-17(9-7-16)21(2)18-10-11-25(23,24)13-18/h3-9,12,18H,10-11,13H2,1-2H3,(H,20,22). The van der Waals surface area contributed by atoms with Gasteiger partial charge in [0.05, 0.1) is 11.5 Å². The maximum absolute atomic E-state index is 12.3. The lowest BCUT2D eigenvalue weighted by atomic mass is 10.1. The van der Waals surface area contributed by atoms with Crippen molar-refractivity contribution < 1.29 is 13.2 Å². The minimum Gasteiger partial charge on any atom is -0.371 e. The minimum atomic E-state index is -2.91. The summed E-state index contributed by atoms with van der Waals surface area (Å²) in [5.41, 5.74) is 3.31. The van der Waals surface area contributed by atoms with Gasteiger partial charge in [0.2, 0.25) is 0 Å². The zero-order chi connectivity index (χ0) is 18.0. The maximum atomic E-state index is 12.3. The average molecular weight is 358 g/mol. The molecule has 1 aliphatic heterocycles. The summed E-state index contributed by atoms with van der Waals surface area (Å²) >= 11 is 0. The smallest absolute Gasteiger partial charge is 0.255 e. The van der Waals surface area contributed by atoms with Crippen LogP contribution in [0.3, 0.4) is 0 Å². The first kappa shape index (κ1) is 17.5. The van der Waals surface area contributed by atoms with Gasteiger partial charge >= 0.3 is 0 Å². The van der Waals surface area contributed by atoms with Crippen LogP contribution in [0, 0.1) is 6.92 Å². The monoisotopic (exact) mass is 358 g/mol. The number of hydrogen-bond acceptors (Lipinski definition) is 4. The zero-order valence-corrected chi connectivity index (χ0v) is 15.2. The maximum Gasteiger partial charge on any atom is 0.255 e. The molecule has 1 saturated heterocycles. The number of amides is 1. The van der Waals surface area contributed by atoms with E-state index in [2.05, 4.69) is 5.32 Å². The number of benzene rings is 2. The molecule has 0 saturated carbocycles. The predicted octanol–water partition coefficient (Wildman–Crippen LogP) is 2.87. The highest BCUT2D eigenvalue weighted by molar-refractivity contribution is 7.91. The molecule has 3 rings (SSSR count). The van der Waals surface area contributed by atoms with E-state index in [-0.39, 0.29) is 23.5 Å². The Morgan fingerprint density at radius 2 is 1.88 bits per heavy atom. The van der Waals surface area contributed by atoms with E-state index in [4.69, 9.17) is 0 Å². The minimum absolute atomic E-state index is 0.0118. The van der Waals surface area contributed by atoms with Crippen LogP contribution in [0.4, 0.5) is 11.4 Å². The molecule has 1 atom stereocenters. The Morgan fingerprint density at radius 3 is 2.48 bits per heavy atom. The molecule has 132 valence electrons. The van der Waals surface area contributed by atoms with E-state index in [0.29, 0.717) is 17.7 Å². The molecule has 0 radical (unpaired) electrons. The quantitative estimate of drug-likeness (QED) is 0.913. The molecule has 0 aromatic heterocycles. The van der Waals surface area contributed by atoms with Gasteiger partial charge in [-0.25, -0.2) is 8.42 Å². The summed E-state index contributed by atoms with van der Waals surface area (Å²) in [7, 11) is -0.997. The topological polar surface area (TPSA) is 66.5 Å². The van der Waals surface area contributed by atoms with Crippen molar-refractivity contribution in [3.8, 4) is 0 Å². The summed E-state index contributed by atoms with van der Waals surface area (Å²) in [6.45, 7) is 1.95. The van der Waals surface area contributed by atoms with Gasteiger partial charge in [0.15, 0.2) is 9.84 Å². The Labute approximate surface area is 148 Å². The lowest BCUT2D eigenvalue weighted by Crippen LogP contribution is -2.32. The van der Waals surface area contributed by atoms with Gasteiger partial charge in [-0.2, -0.15) is 0 Å². The van der Waals surface area contributed by atoms with E-state index in [0.717, 1.165) is 11.3 Å². The molecule has 0 aliphatic carbocycles. The highest BCUT2D eigenvalue weighted by Gasteiger charge is 2.30. The summed E-state index contributed by atoms with van der Waals surface area (Å²) in [4.78, 5) is 14.3. The van der Waals surface area contributed by atoms with Crippen LogP contribution in [0.2, 0.25) is 0 Å². The summed E-state index contributed by atoms with van der Waals surface area (Å²) in [6.07, 6.45) is 0.657. The summed E-state index contributed by atoms with van der Waals surface area (Å²) in [6, 6.07) is 14.9. The molecule has 25 heavy (non-hydrogen) atoms. The number of hydrogen-bond donors (Lipinski definition) is 1. The van der Waals surface area contributed by atoms with Crippen LogP contribution in [0.15, 0.2) is 48.5 Å². The van der Waals surface area contributed by atoms with Crippen LogP contribution >= 0.6 is 0 Å². The Kier molecular flexibility index (Phi) is 4.81. The van der Waals surface area contributed by atoms with Crippen LogP contribution in [-0.4, -0.2) is 38.9 Å². The molecule has 1 unspecified atom stereocenters. The van der Waals surface area contributed by atoms with Crippen LogP contribution in [0.1, 0.15) is 22.3 Å². The largest absolute Gasteiger partial charge is 0.371 e. The van der Waals surface area contributed by atoms with Gasteiger partial charge in [-0.3, -0.25) is 4.79 Å². The molecule has 1 fully saturated rings. The van der Waals surface area contributed by atoms with Crippen molar-refractivity contribution >= 4 is 27.1 Å². The summed E-state index contributed by atoms with van der Waals surface area (Å²) in [5.74, 6) is 0.314. The Balaban J connectivity index is 1.67. The molecule has 1 aliphatic rings. The number of aryl methyl sites for hydroxylation is 1. The van der Waals surface area contributed by atoms with Gasteiger partial charge in [-0.05, 0) is 49.7 Å². The fraction of sp³-hybridized carbons (Fsp3) is 0.316. The van der Waals surface area contributed by atoms with Gasteiger partial charge in [-0.1, -0.05) is 17.7 Å². The lowest BCUT2D eigenvalue weighted by Gasteiger charge is -2.25. The van der Waals surface area contributed by atoms with Crippen LogP contribution < -0.4 is 10.2 Å². The predicted molar refractivity (Wildman–Crippen MR) is 101 cm³/mol. The third-order valence-corrected chi connectivity index (χ3v) is 6.32. The Bertz CT molecular complexity index is 876. The van der Waals surface area contributed by atoms with Gasteiger partial charge in [-0.15, -0.1) is 0 Å². The number of rotatable bonds is 4. The molecule has 0 bridgehead atoms. The fourth-order valence-corrected chi connectivity index (χ4v) is 4.84. The van der Waals surface area contributed by atoms with Crippen molar-refractivity contribution in [1.82, 2.24) is 0 Å². The van der Waals surface area contributed by atoms with E-state index in [1.165, 1.54) is 0 Å². The first-order valence-corrected chi connectivity index (χ1v) is 10.1. The van der Waals surface area contributed by atoms with E-state index in [1.54, 1.807) is 6.07 Å². The van der Waals surface area contributed by atoms with Crippen LogP contribution in [-0.2, 0) is 9.84 Å². The highest BCUT2D eigenvalue weighted by atomic mass is 32.2. The fourth-order valence-electron chi connectivity index (χ4n) is 3.06. The highest BCUT2D eigenvalue weighted by Crippen LogP contribution is 2.24. The second kappa shape index (κ2) is 6.88. The third kappa shape index (κ3) is 4.20. The molecule has 2 aromatic carbocycles.